The van der Waals surface area contributed by atoms with Gasteiger partial charge in [-0.25, -0.2) is 4.98 Å². The first-order chi connectivity index (χ1) is 16.0. The first-order valence-electron chi connectivity index (χ1n) is 11.1. The van der Waals surface area contributed by atoms with Crippen LogP contribution in [0.4, 0.5) is 0 Å². The van der Waals surface area contributed by atoms with Crippen molar-refractivity contribution in [3.05, 3.63) is 87.8 Å². The third-order valence-electron chi connectivity index (χ3n) is 6.12. The first-order valence-corrected chi connectivity index (χ1v) is 11.1. The highest BCUT2D eigenvalue weighted by Gasteiger charge is 2.22. The number of carbonyl (C=O) groups is 1. The van der Waals surface area contributed by atoms with E-state index in [2.05, 4.69) is 10.3 Å². The van der Waals surface area contributed by atoms with Crippen LogP contribution in [0.25, 0.3) is 16.7 Å². The molecule has 33 heavy (non-hydrogen) atoms. The minimum Gasteiger partial charge on any atom is -0.376 e. The molecule has 1 saturated heterocycles. The van der Waals surface area contributed by atoms with Gasteiger partial charge in [0.2, 0.25) is 0 Å². The summed E-state index contributed by atoms with van der Waals surface area (Å²) in [5.74, 6) is -0.406. The highest BCUT2D eigenvalue weighted by Crippen LogP contribution is 2.17. The summed E-state index contributed by atoms with van der Waals surface area (Å²) >= 11 is 0. The summed E-state index contributed by atoms with van der Waals surface area (Å²) in [4.78, 5) is 31.2. The van der Waals surface area contributed by atoms with Crippen molar-refractivity contribution in [2.75, 3.05) is 6.61 Å². The van der Waals surface area contributed by atoms with Gasteiger partial charge in [-0.3, -0.25) is 19.4 Å². The van der Waals surface area contributed by atoms with E-state index >= 15 is 0 Å². The monoisotopic (exact) mass is 443 g/mol. The normalized spacial score (nSPS) is 16.8. The van der Waals surface area contributed by atoms with Crippen LogP contribution in [-0.4, -0.2) is 32.6 Å². The fourth-order valence-electron chi connectivity index (χ4n) is 4.33. The highest BCUT2D eigenvalue weighted by atomic mass is 16.5. The molecule has 0 saturated carbocycles. The molecule has 1 amide bonds. The molecular formula is C25H25N5O3. The zero-order chi connectivity index (χ0) is 22.9. The molecular weight excluding hydrogens is 418 g/mol. The van der Waals surface area contributed by atoms with Gasteiger partial charge < -0.3 is 14.6 Å². The second kappa shape index (κ2) is 8.63. The van der Waals surface area contributed by atoms with E-state index < -0.39 is 5.91 Å². The van der Waals surface area contributed by atoms with Crippen LogP contribution in [0.3, 0.4) is 0 Å². The molecule has 0 unspecified atom stereocenters. The van der Waals surface area contributed by atoms with E-state index in [0.29, 0.717) is 29.8 Å². The number of nitrogens with zero attached hydrogens (tertiary/aromatic N) is 3. The van der Waals surface area contributed by atoms with Crippen LogP contribution in [0.2, 0.25) is 0 Å². The van der Waals surface area contributed by atoms with Gasteiger partial charge in [0.15, 0.2) is 0 Å². The van der Waals surface area contributed by atoms with Crippen molar-refractivity contribution in [2.45, 2.75) is 38.5 Å². The Labute approximate surface area is 190 Å². The Bertz CT molecular complexity index is 1450. The van der Waals surface area contributed by atoms with Crippen molar-refractivity contribution in [3.8, 4) is 0 Å². The summed E-state index contributed by atoms with van der Waals surface area (Å²) in [6.45, 7) is 2.92. The van der Waals surface area contributed by atoms with Crippen LogP contribution in [0, 0.1) is 5.41 Å². The van der Waals surface area contributed by atoms with E-state index in [9.17, 15) is 9.59 Å². The maximum absolute atomic E-state index is 13.3. The zero-order valence-electron chi connectivity index (χ0n) is 18.3. The summed E-state index contributed by atoms with van der Waals surface area (Å²) in [5.41, 5.74) is 1.71. The quantitative estimate of drug-likeness (QED) is 0.463. The molecule has 8 nitrogen and oxygen atoms in total. The number of hydrogen-bond donors (Lipinski definition) is 2. The van der Waals surface area contributed by atoms with Crippen LogP contribution in [-0.2, 0) is 11.3 Å². The van der Waals surface area contributed by atoms with Crippen molar-refractivity contribution in [2.24, 2.45) is 0 Å². The average molecular weight is 444 g/mol. The summed E-state index contributed by atoms with van der Waals surface area (Å²) in [6.07, 6.45) is 3.38. The Kier molecular flexibility index (Phi) is 5.51. The minimum absolute atomic E-state index is 0.0166. The van der Waals surface area contributed by atoms with Gasteiger partial charge in [-0.15, -0.1) is 0 Å². The molecule has 0 bridgehead atoms. The predicted octanol–water partition coefficient (Wildman–Crippen LogP) is 2.80. The summed E-state index contributed by atoms with van der Waals surface area (Å²) in [5, 5.41) is 12.1. The van der Waals surface area contributed by atoms with E-state index in [1.54, 1.807) is 22.9 Å². The molecule has 3 aromatic heterocycles. The topological polar surface area (TPSA) is 101 Å². The molecule has 4 heterocycles. The average Bonchev–Trinajstić information content (AvgIpc) is 3.35. The Morgan fingerprint density at radius 3 is 2.79 bits per heavy atom. The van der Waals surface area contributed by atoms with Gasteiger partial charge >= 0.3 is 0 Å². The second-order valence-electron chi connectivity index (χ2n) is 8.34. The van der Waals surface area contributed by atoms with E-state index in [0.717, 1.165) is 18.4 Å². The summed E-state index contributed by atoms with van der Waals surface area (Å²) in [7, 11) is 0. The van der Waals surface area contributed by atoms with Crippen molar-refractivity contribution in [1.29, 1.82) is 5.41 Å². The number of ether oxygens (including phenoxy) is 1. The lowest BCUT2D eigenvalue weighted by molar-refractivity contribution is 0.0923. The third kappa shape index (κ3) is 3.93. The molecule has 1 aliphatic rings. The Morgan fingerprint density at radius 1 is 1.24 bits per heavy atom. The Balaban J connectivity index is 1.65. The maximum Gasteiger partial charge on any atom is 0.267 e. The van der Waals surface area contributed by atoms with Crippen LogP contribution in [0.5, 0.6) is 0 Å². The lowest BCUT2D eigenvalue weighted by atomic mass is 10.1. The molecule has 1 aromatic carbocycles. The van der Waals surface area contributed by atoms with Crippen molar-refractivity contribution < 1.29 is 9.53 Å². The van der Waals surface area contributed by atoms with Crippen LogP contribution < -0.4 is 16.4 Å². The van der Waals surface area contributed by atoms with Gasteiger partial charge in [-0.2, -0.15) is 0 Å². The lowest BCUT2D eigenvalue weighted by Gasteiger charge is -2.19. The molecule has 0 radical (unpaired) electrons. The standard InChI is InChI=1S/C25H25N5O3/c1-16(17-8-3-2-4-9-17)27-24(31)19-14-20-23(28-21-11-5-6-12-29(21)25(20)32)30(22(19)26)15-18-10-7-13-33-18/h2-6,8-9,11-12,14,16,18,26H,7,10,13,15H2,1H3,(H,27,31)/t16-,18-/m1/s1. The van der Waals surface area contributed by atoms with Crippen molar-refractivity contribution in [1.82, 2.24) is 19.3 Å². The van der Waals surface area contributed by atoms with Crippen LogP contribution in [0.1, 0.15) is 41.7 Å². The number of benzene rings is 1. The SMILES string of the molecule is C[C@@H](NC(=O)c1cc2c(=O)n3ccccc3nc2n(C[C@H]2CCCO2)c1=N)c1ccccc1. The van der Waals surface area contributed by atoms with E-state index in [1.165, 1.54) is 10.5 Å². The number of fused-ring (bicyclic) bond motifs is 2. The summed E-state index contributed by atoms with van der Waals surface area (Å²) < 4.78 is 8.88. The van der Waals surface area contributed by atoms with Crippen molar-refractivity contribution in [3.63, 3.8) is 0 Å². The molecule has 2 atom stereocenters. The van der Waals surface area contributed by atoms with Gasteiger partial charge in [0.25, 0.3) is 11.5 Å². The third-order valence-corrected chi connectivity index (χ3v) is 6.12. The number of pyridine rings is 2. The number of amides is 1. The second-order valence-corrected chi connectivity index (χ2v) is 8.34. The maximum atomic E-state index is 13.3. The molecule has 2 N–H and O–H groups in total. The largest absolute Gasteiger partial charge is 0.376 e. The number of carbonyl (C=O) groups excluding carboxylic acids is 1. The van der Waals surface area contributed by atoms with Gasteiger partial charge in [-0.05, 0) is 43.5 Å². The molecule has 1 aliphatic heterocycles. The molecule has 1 fully saturated rings. The smallest absolute Gasteiger partial charge is 0.267 e. The highest BCUT2D eigenvalue weighted by molar-refractivity contribution is 5.97. The minimum atomic E-state index is -0.406. The van der Waals surface area contributed by atoms with E-state index in [4.69, 9.17) is 10.1 Å². The van der Waals surface area contributed by atoms with Crippen LogP contribution >= 0.6 is 0 Å². The predicted molar refractivity (Wildman–Crippen MR) is 124 cm³/mol. The zero-order valence-corrected chi connectivity index (χ0v) is 18.3. The Hall–Kier alpha value is -3.78. The van der Waals surface area contributed by atoms with E-state index in [-0.39, 0.29) is 28.8 Å². The molecule has 0 spiro atoms. The molecule has 168 valence electrons. The van der Waals surface area contributed by atoms with Gasteiger partial charge in [0.05, 0.1) is 29.6 Å². The molecule has 5 rings (SSSR count). The van der Waals surface area contributed by atoms with Gasteiger partial charge in [0.1, 0.15) is 16.8 Å². The number of hydrogen-bond acceptors (Lipinski definition) is 5. The number of rotatable bonds is 5. The van der Waals surface area contributed by atoms with Crippen molar-refractivity contribution >= 4 is 22.6 Å². The first kappa shape index (κ1) is 21.1. The number of aromatic nitrogens is 3. The van der Waals surface area contributed by atoms with Gasteiger partial charge in [0, 0.05) is 12.8 Å². The molecule has 0 aliphatic carbocycles. The van der Waals surface area contributed by atoms with Gasteiger partial charge in [-0.1, -0.05) is 36.4 Å². The van der Waals surface area contributed by atoms with Crippen LogP contribution in [0.15, 0.2) is 65.6 Å². The molecule has 8 heteroatoms. The summed E-state index contributed by atoms with van der Waals surface area (Å²) in [6, 6.07) is 16.2. The Morgan fingerprint density at radius 2 is 2.03 bits per heavy atom. The lowest BCUT2D eigenvalue weighted by Crippen LogP contribution is -2.37. The number of nitrogens with one attached hydrogen (secondary N) is 2. The fraction of sp³-hybridized carbons (Fsp3) is 0.280. The molecule has 4 aromatic rings. The fourth-order valence-corrected chi connectivity index (χ4v) is 4.33. The van der Waals surface area contributed by atoms with E-state index in [1.807, 2.05) is 43.3 Å².